The summed E-state index contributed by atoms with van der Waals surface area (Å²) >= 11 is 0. The number of Topliss-reactive ketones (excluding diaryl/α,β-unsaturated/α-hetero) is 1. The minimum Gasteiger partial charge on any atom is -0.381 e. The Morgan fingerprint density at radius 3 is 2.56 bits per heavy atom. The van der Waals surface area contributed by atoms with Gasteiger partial charge in [0.15, 0.2) is 5.78 Å². The van der Waals surface area contributed by atoms with Crippen molar-refractivity contribution in [1.82, 2.24) is 9.80 Å². The molecule has 2 rings (SSSR count). The lowest BCUT2D eigenvalue weighted by Gasteiger charge is -2.33. The van der Waals surface area contributed by atoms with Crippen LogP contribution in [0.2, 0.25) is 0 Å². The summed E-state index contributed by atoms with van der Waals surface area (Å²) in [6.45, 7) is 4.40. The van der Waals surface area contributed by atoms with Gasteiger partial charge in [-0.15, -0.1) is 0 Å². The van der Waals surface area contributed by atoms with Gasteiger partial charge < -0.3 is 14.5 Å². The van der Waals surface area contributed by atoms with Gasteiger partial charge in [-0.05, 0) is 13.3 Å². The molecule has 2 aliphatic heterocycles. The molecule has 0 bridgehead atoms. The molecule has 1 atom stereocenters. The number of piperazine rings is 1. The number of ether oxygens (including phenoxy) is 1. The van der Waals surface area contributed by atoms with Gasteiger partial charge in [-0.1, -0.05) is 0 Å². The second kappa shape index (κ2) is 5.48. The first-order valence-corrected chi connectivity index (χ1v) is 6.32. The van der Waals surface area contributed by atoms with Gasteiger partial charge >= 0.3 is 11.8 Å². The van der Waals surface area contributed by atoms with Crippen LogP contribution in [0.5, 0.6) is 0 Å². The summed E-state index contributed by atoms with van der Waals surface area (Å²) in [6.07, 6.45) is 0.718. The predicted molar refractivity (Wildman–Crippen MR) is 62.8 cm³/mol. The zero-order valence-electron chi connectivity index (χ0n) is 10.6. The van der Waals surface area contributed by atoms with Crippen LogP contribution in [0.25, 0.3) is 0 Å². The molecule has 2 aliphatic rings. The van der Waals surface area contributed by atoms with Gasteiger partial charge in [0, 0.05) is 32.2 Å². The molecule has 0 aromatic heterocycles. The van der Waals surface area contributed by atoms with E-state index in [1.165, 1.54) is 9.80 Å². The first kappa shape index (κ1) is 13.0. The van der Waals surface area contributed by atoms with Crippen molar-refractivity contribution >= 4 is 17.6 Å². The smallest absolute Gasteiger partial charge is 0.312 e. The third-order valence-corrected chi connectivity index (χ3v) is 3.51. The van der Waals surface area contributed by atoms with E-state index >= 15 is 0 Å². The maximum Gasteiger partial charge on any atom is 0.312 e. The summed E-state index contributed by atoms with van der Waals surface area (Å²) in [5.41, 5.74) is 0. The minimum absolute atomic E-state index is 0.00130. The molecule has 0 aliphatic carbocycles. The molecule has 2 saturated heterocycles. The van der Waals surface area contributed by atoms with Crippen molar-refractivity contribution in [3.05, 3.63) is 0 Å². The molecule has 0 aromatic rings. The average Bonchev–Trinajstić information content (AvgIpc) is 2.89. The van der Waals surface area contributed by atoms with E-state index in [0.29, 0.717) is 32.8 Å². The van der Waals surface area contributed by atoms with Gasteiger partial charge in [0.05, 0.1) is 13.2 Å². The van der Waals surface area contributed by atoms with E-state index in [-0.39, 0.29) is 18.2 Å². The molecular formula is C12H18N2O4. The van der Waals surface area contributed by atoms with Crippen LogP contribution in [0.1, 0.15) is 13.3 Å². The molecule has 6 nitrogen and oxygen atoms in total. The first-order chi connectivity index (χ1) is 8.63. The number of carbonyl (C=O) groups excluding carboxylic acids is 3. The van der Waals surface area contributed by atoms with E-state index in [1.807, 2.05) is 6.92 Å². The summed E-state index contributed by atoms with van der Waals surface area (Å²) < 4.78 is 5.15. The maximum atomic E-state index is 11.9. The van der Waals surface area contributed by atoms with Crippen molar-refractivity contribution in [2.75, 3.05) is 39.4 Å². The van der Waals surface area contributed by atoms with Gasteiger partial charge in [0.25, 0.3) is 0 Å². The highest BCUT2D eigenvalue weighted by molar-refractivity contribution is 6.35. The monoisotopic (exact) mass is 254 g/mol. The van der Waals surface area contributed by atoms with Gasteiger partial charge in [-0.25, -0.2) is 0 Å². The summed E-state index contributed by atoms with van der Waals surface area (Å²) in [5, 5.41) is 0. The fourth-order valence-electron chi connectivity index (χ4n) is 2.27. The Labute approximate surface area is 106 Å². The number of carbonyl (C=O) groups is 3. The Morgan fingerprint density at radius 2 is 1.94 bits per heavy atom. The molecule has 2 heterocycles. The molecule has 2 amide bonds. The largest absolute Gasteiger partial charge is 0.381 e. The first-order valence-electron chi connectivity index (χ1n) is 6.32. The standard InChI is InChI=1S/C12H18N2O4/c1-2-13-4-5-14(12(17)11(13)16)7-10(15)9-3-6-18-8-9/h9H,2-8H2,1H3. The summed E-state index contributed by atoms with van der Waals surface area (Å²) in [5.74, 6) is -1.18. The van der Waals surface area contributed by atoms with Crippen molar-refractivity contribution in [1.29, 1.82) is 0 Å². The van der Waals surface area contributed by atoms with Gasteiger partial charge in [0.2, 0.25) is 0 Å². The topological polar surface area (TPSA) is 66.9 Å². The van der Waals surface area contributed by atoms with Gasteiger partial charge in [-0.3, -0.25) is 14.4 Å². The van der Waals surface area contributed by atoms with E-state index in [0.717, 1.165) is 6.42 Å². The number of ketones is 1. The van der Waals surface area contributed by atoms with E-state index < -0.39 is 11.8 Å². The van der Waals surface area contributed by atoms with E-state index in [2.05, 4.69) is 0 Å². The van der Waals surface area contributed by atoms with Crippen LogP contribution >= 0.6 is 0 Å². The predicted octanol–water partition coefficient (Wildman–Crippen LogP) is -0.717. The molecule has 100 valence electrons. The molecule has 0 radical (unpaired) electrons. The van der Waals surface area contributed by atoms with Crippen molar-refractivity contribution in [3.63, 3.8) is 0 Å². The number of hydrogen-bond donors (Lipinski definition) is 0. The third-order valence-electron chi connectivity index (χ3n) is 3.51. The number of likely N-dealkylation sites (N-methyl/N-ethyl adjacent to an activating group) is 1. The van der Waals surface area contributed by atoms with E-state index in [1.54, 1.807) is 0 Å². The Balaban J connectivity index is 1.92. The summed E-state index contributed by atoms with van der Waals surface area (Å²) in [7, 11) is 0. The van der Waals surface area contributed by atoms with Crippen molar-refractivity contribution in [2.24, 2.45) is 5.92 Å². The Morgan fingerprint density at radius 1 is 1.28 bits per heavy atom. The van der Waals surface area contributed by atoms with Crippen LogP contribution in [-0.4, -0.2) is 66.8 Å². The Bertz CT molecular complexity index is 363. The molecule has 0 spiro atoms. The number of rotatable bonds is 4. The SMILES string of the molecule is CCN1CCN(CC(=O)C2CCOC2)C(=O)C1=O. The second-order valence-corrected chi connectivity index (χ2v) is 4.64. The number of hydrogen-bond acceptors (Lipinski definition) is 4. The fourth-order valence-corrected chi connectivity index (χ4v) is 2.27. The molecule has 2 fully saturated rings. The minimum atomic E-state index is -0.560. The lowest BCUT2D eigenvalue weighted by Crippen LogP contribution is -2.55. The second-order valence-electron chi connectivity index (χ2n) is 4.64. The van der Waals surface area contributed by atoms with Crippen molar-refractivity contribution in [2.45, 2.75) is 13.3 Å². The van der Waals surface area contributed by atoms with E-state index in [4.69, 9.17) is 4.74 Å². The molecular weight excluding hydrogens is 236 g/mol. The summed E-state index contributed by atoms with van der Waals surface area (Å²) in [6, 6.07) is 0. The third kappa shape index (κ3) is 2.53. The molecule has 0 aromatic carbocycles. The fraction of sp³-hybridized carbons (Fsp3) is 0.750. The van der Waals surface area contributed by atoms with Crippen LogP contribution in [0.4, 0.5) is 0 Å². The normalized spacial score (nSPS) is 24.8. The maximum absolute atomic E-state index is 11.9. The summed E-state index contributed by atoms with van der Waals surface area (Å²) in [4.78, 5) is 38.2. The molecule has 0 saturated carbocycles. The van der Waals surface area contributed by atoms with Crippen LogP contribution in [-0.2, 0) is 19.1 Å². The van der Waals surface area contributed by atoms with Crippen LogP contribution in [0, 0.1) is 5.92 Å². The number of nitrogens with zero attached hydrogens (tertiary/aromatic N) is 2. The van der Waals surface area contributed by atoms with Crippen LogP contribution in [0.3, 0.4) is 0 Å². The molecule has 1 unspecified atom stereocenters. The molecule has 0 N–H and O–H groups in total. The zero-order valence-corrected chi connectivity index (χ0v) is 10.6. The Hall–Kier alpha value is -1.43. The quantitative estimate of drug-likeness (QED) is 0.621. The van der Waals surface area contributed by atoms with Crippen molar-refractivity contribution < 1.29 is 19.1 Å². The van der Waals surface area contributed by atoms with Crippen LogP contribution < -0.4 is 0 Å². The lowest BCUT2D eigenvalue weighted by atomic mass is 10.0. The molecule has 6 heteroatoms. The lowest BCUT2D eigenvalue weighted by molar-refractivity contribution is -0.156. The highest BCUT2D eigenvalue weighted by Crippen LogP contribution is 2.15. The van der Waals surface area contributed by atoms with Gasteiger partial charge in [0.1, 0.15) is 0 Å². The molecule has 18 heavy (non-hydrogen) atoms. The van der Waals surface area contributed by atoms with Crippen LogP contribution in [0.15, 0.2) is 0 Å². The zero-order chi connectivity index (χ0) is 13.1. The highest BCUT2D eigenvalue weighted by atomic mass is 16.5. The van der Waals surface area contributed by atoms with Crippen molar-refractivity contribution in [3.8, 4) is 0 Å². The highest BCUT2D eigenvalue weighted by Gasteiger charge is 2.34. The Kier molecular flexibility index (Phi) is 3.96. The van der Waals surface area contributed by atoms with E-state index in [9.17, 15) is 14.4 Å². The average molecular weight is 254 g/mol. The van der Waals surface area contributed by atoms with Gasteiger partial charge in [-0.2, -0.15) is 0 Å². The number of amides is 2.